The Morgan fingerprint density at radius 3 is 2.75 bits per heavy atom. The number of fused-ring (bicyclic) bond motifs is 1. The van der Waals surface area contributed by atoms with Crippen LogP contribution in [0.1, 0.15) is 24.0 Å². The largest absolute Gasteiger partial charge is 0.488 e. The lowest BCUT2D eigenvalue weighted by molar-refractivity contribution is 0.227. The summed E-state index contributed by atoms with van der Waals surface area (Å²) in [5, 5.41) is 3.39. The number of nitrogens with one attached hydrogen (secondary N) is 1. The standard InChI is InChI=1S/C20H23FN2O/c21-18-7-5-8-19(23-10-3-4-11-23)17(18)14-22-13-16-12-15-6-1-2-9-20(15)24-16/h1-2,5-9,16,22H,3-4,10-14H2. The molecule has 1 saturated heterocycles. The predicted molar refractivity (Wildman–Crippen MR) is 94.1 cm³/mol. The summed E-state index contributed by atoms with van der Waals surface area (Å²) in [7, 11) is 0. The minimum atomic E-state index is -0.123. The Hall–Kier alpha value is -2.07. The van der Waals surface area contributed by atoms with Crippen LogP contribution in [0, 0.1) is 5.82 Å². The highest BCUT2D eigenvalue weighted by atomic mass is 19.1. The van der Waals surface area contributed by atoms with E-state index in [1.807, 2.05) is 30.3 Å². The van der Waals surface area contributed by atoms with Crippen LogP contribution >= 0.6 is 0 Å². The third-order valence-electron chi connectivity index (χ3n) is 4.93. The Balaban J connectivity index is 1.38. The SMILES string of the molecule is Fc1cccc(N2CCCC2)c1CNCC1Cc2ccccc2O1. The van der Waals surface area contributed by atoms with Gasteiger partial charge in [-0.15, -0.1) is 0 Å². The van der Waals surface area contributed by atoms with Crippen molar-refractivity contribution < 1.29 is 9.13 Å². The van der Waals surface area contributed by atoms with E-state index >= 15 is 0 Å². The van der Waals surface area contributed by atoms with E-state index in [2.05, 4.69) is 16.3 Å². The van der Waals surface area contributed by atoms with Crippen LogP contribution in [0.2, 0.25) is 0 Å². The highest BCUT2D eigenvalue weighted by molar-refractivity contribution is 5.54. The highest BCUT2D eigenvalue weighted by Crippen LogP contribution is 2.29. The summed E-state index contributed by atoms with van der Waals surface area (Å²) in [6.07, 6.45) is 3.43. The minimum Gasteiger partial charge on any atom is -0.488 e. The quantitative estimate of drug-likeness (QED) is 0.910. The van der Waals surface area contributed by atoms with E-state index in [0.29, 0.717) is 6.54 Å². The topological polar surface area (TPSA) is 24.5 Å². The predicted octanol–water partition coefficient (Wildman–Crippen LogP) is 3.52. The van der Waals surface area contributed by atoms with Crippen molar-refractivity contribution in [2.75, 3.05) is 24.5 Å². The molecule has 24 heavy (non-hydrogen) atoms. The summed E-state index contributed by atoms with van der Waals surface area (Å²) < 4.78 is 20.3. The van der Waals surface area contributed by atoms with Crippen molar-refractivity contribution in [3.8, 4) is 5.75 Å². The molecule has 126 valence electrons. The molecule has 2 aliphatic rings. The maximum atomic E-state index is 14.3. The van der Waals surface area contributed by atoms with Crippen molar-refractivity contribution in [3.05, 3.63) is 59.4 Å². The van der Waals surface area contributed by atoms with E-state index in [1.54, 1.807) is 6.07 Å². The van der Waals surface area contributed by atoms with Crippen LogP contribution in [-0.4, -0.2) is 25.7 Å². The number of para-hydroxylation sites is 1. The van der Waals surface area contributed by atoms with Crippen LogP contribution in [0.3, 0.4) is 0 Å². The molecule has 0 bridgehead atoms. The summed E-state index contributed by atoms with van der Waals surface area (Å²) in [6.45, 7) is 3.31. The first-order chi connectivity index (χ1) is 11.8. The third-order valence-corrected chi connectivity index (χ3v) is 4.93. The smallest absolute Gasteiger partial charge is 0.129 e. The number of ether oxygens (including phenoxy) is 1. The van der Waals surface area contributed by atoms with Crippen LogP contribution in [0.15, 0.2) is 42.5 Å². The summed E-state index contributed by atoms with van der Waals surface area (Å²) in [5.41, 5.74) is 3.07. The summed E-state index contributed by atoms with van der Waals surface area (Å²) >= 11 is 0. The second kappa shape index (κ2) is 6.81. The van der Waals surface area contributed by atoms with Gasteiger partial charge in [0.1, 0.15) is 17.7 Å². The molecule has 2 aliphatic heterocycles. The van der Waals surface area contributed by atoms with Gasteiger partial charge in [0.2, 0.25) is 0 Å². The lowest BCUT2D eigenvalue weighted by atomic mass is 10.1. The zero-order valence-corrected chi connectivity index (χ0v) is 13.8. The molecule has 0 spiro atoms. The van der Waals surface area contributed by atoms with Gasteiger partial charge in [-0.2, -0.15) is 0 Å². The molecule has 0 amide bonds. The number of halogens is 1. The van der Waals surface area contributed by atoms with Gasteiger partial charge in [0, 0.05) is 43.9 Å². The Bertz CT molecular complexity index is 688. The first-order valence-corrected chi connectivity index (χ1v) is 8.79. The van der Waals surface area contributed by atoms with E-state index in [-0.39, 0.29) is 11.9 Å². The molecule has 3 nitrogen and oxygen atoms in total. The minimum absolute atomic E-state index is 0.123. The molecule has 0 saturated carbocycles. The number of anilines is 1. The van der Waals surface area contributed by atoms with E-state index in [1.165, 1.54) is 18.4 Å². The van der Waals surface area contributed by atoms with Gasteiger partial charge in [-0.25, -0.2) is 4.39 Å². The van der Waals surface area contributed by atoms with Crippen molar-refractivity contribution in [3.63, 3.8) is 0 Å². The van der Waals surface area contributed by atoms with Crippen molar-refractivity contribution in [1.29, 1.82) is 0 Å². The summed E-state index contributed by atoms with van der Waals surface area (Å²) in [6, 6.07) is 13.6. The molecule has 0 aromatic heterocycles. The fourth-order valence-corrected chi connectivity index (χ4v) is 3.70. The van der Waals surface area contributed by atoms with Crippen LogP contribution < -0.4 is 15.0 Å². The zero-order valence-electron chi connectivity index (χ0n) is 13.8. The maximum Gasteiger partial charge on any atom is 0.129 e. The number of hydrogen-bond donors (Lipinski definition) is 1. The van der Waals surface area contributed by atoms with E-state index in [9.17, 15) is 4.39 Å². The lowest BCUT2D eigenvalue weighted by Crippen LogP contribution is -2.31. The van der Waals surface area contributed by atoms with Crippen molar-refractivity contribution in [2.24, 2.45) is 0 Å². The maximum absolute atomic E-state index is 14.3. The van der Waals surface area contributed by atoms with Crippen molar-refractivity contribution >= 4 is 5.69 Å². The van der Waals surface area contributed by atoms with Crippen molar-refractivity contribution in [2.45, 2.75) is 31.9 Å². The Morgan fingerprint density at radius 1 is 1.08 bits per heavy atom. The molecule has 2 aromatic rings. The molecular weight excluding hydrogens is 303 g/mol. The average molecular weight is 326 g/mol. The van der Waals surface area contributed by atoms with Crippen LogP contribution in [0.25, 0.3) is 0 Å². The first-order valence-electron chi connectivity index (χ1n) is 8.79. The van der Waals surface area contributed by atoms with Crippen LogP contribution in [0.4, 0.5) is 10.1 Å². The van der Waals surface area contributed by atoms with Gasteiger partial charge in [0.15, 0.2) is 0 Å². The molecule has 4 heteroatoms. The molecular formula is C20H23FN2O. The van der Waals surface area contributed by atoms with Gasteiger partial charge >= 0.3 is 0 Å². The summed E-state index contributed by atoms with van der Waals surface area (Å²) in [5.74, 6) is 0.857. The van der Waals surface area contributed by atoms with Gasteiger partial charge in [0.25, 0.3) is 0 Å². The van der Waals surface area contributed by atoms with E-state index in [0.717, 1.165) is 43.1 Å². The Kier molecular flexibility index (Phi) is 4.39. The number of nitrogens with zero attached hydrogens (tertiary/aromatic N) is 1. The van der Waals surface area contributed by atoms with E-state index in [4.69, 9.17) is 4.74 Å². The highest BCUT2D eigenvalue weighted by Gasteiger charge is 2.22. The Morgan fingerprint density at radius 2 is 1.92 bits per heavy atom. The van der Waals surface area contributed by atoms with Crippen molar-refractivity contribution in [1.82, 2.24) is 5.32 Å². The normalized spacial score (nSPS) is 19.4. The molecule has 0 radical (unpaired) electrons. The number of rotatable bonds is 5. The fraction of sp³-hybridized carbons (Fsp3) is 0.400. The second-order valence-corrected chi connectivity index (χ2v) is 6.61. The summed E-state index contributed by atoms with van der Waals surface area (Å²) in [4.78, 5) is 2.29. The lowest BCUT2D eigenvalue weighted by Gasteiger charge is -2.22. The van der Waals surface area contributed by atoms with Gasteiger partial charge in [-0.05, 0) is 36.6 Å². The fourth-order valence-electron chi connectivity index (χ4n) is 3.70. The van der Waals surface area contributed by atoms with Gasteiger partial charge in [-0.1, -0.05) is 24.3 Å². The third kappa shape index (κ3) is 3.11. The molecule has 2 aromatic carbocycles. The molecule has 1 fully saturated rings. The molecule has 4 rings (SSSR count). The molecule has 0 aliphatic carbocycles. The van der Waals surface area contributed by atoms with Crippen LogP contribution in [-0.2, 0) is 13.0 Å². The van der Waals surface area contributed by atoms with Gasteiger partial charge in [0.05, 0.1) is 0 Å². The molecule has 2 heterocycles. The Labute approximate surface area is 142 Å². The zero-order chi connectivity index (χ0) is 16.4. The van der Waals surface area contributed by atoms with Crippen LogP contribution in [0.5, 0.6) is 5.75 Å². The van der Waals surface area contributed by atoms with E-state index < -0.39 is 0 Å². The number of hydrogen-bond acceptors (Lipinski definition) is 3. The second-order valence-electron chi connectivity index (χ2n) is 6.61. The number of benzene rings is 2. The monoisotopic (exact) mass is 326 g/mol. The van der Waals surface area contributed by atoms with Gasteiger partial charge < -0.3 is 15.0 Å². The van der Waals surface area contributed by atoms with Gasteiger partial charge in [-0.3, -0.25) is 0 Å². The first kappa shape index (κ1) is 15.5. The molecule has 1 N–H and O–H groups in total. The average Bonchev–Trinajstić information content (AvgIpc) is 3.25. The molecule has 1 unspecified atom stereocenters. The molecule has 1 atom stereocenters.